The third-order valence-corrected chi connectivity index (χ3v) is 5.49. The summed E-state index contributed by atoms with van der Waals surface area (Å²) in [5.74, 6) is -0.766. The van der Waals surface area contributed by atoms with Crippen LogP contribution in [0.1, 0.15) is 38.8 Å². The van der Waals surface area contributed by atoms with Gasteiger partial charge in [0.15, 0.2) is 0 Å². The normalized spacial score (nSPS) is 12.5. The van der Waals surface area contributed by atoms with Crippen molar-refractivity contribution in [1.82, 2.24) is 5.32 Å². The molecule has 8 heteroatoms. The van der Waals surface area contributed by atoms with Crippen molar-refractivity contribution >= 4 is 19.5 Å². The van der Waals surface area contributed by atoms with Gasteiger partial charge >= 0.3 is 13.6 Å². The Morgan fingerprint density at radius 1 is 1.00 bits per heavy atom. The van der Waals surface area contributed by atoms with E-state index in [0.29, 0.717) is 19.6 Å². The Kier molecular flexibility index (Phi) is 9.55. The Hall–Kier alpha value is -1.69. The van der Waals surface area contributed by atoms with Gasteiger partial charge in [0.2, 0.25) is 5.91 Å². The molecule has 7 nitrogen and oxygen atoms in total. The van der Waals surface area contributed by atoms with Crippen molar-refractivity contribution in [2.24, 2.45) is 0 Å². The number of carbonyl (C=O) groups is 2. The molecule has 1 amide bonds. The molecule has 0 saturated heterocycles. The minimum absolute atomic E-state index is 0.183. The number of ether oxygens (including phenoxy) is 1. The van der Waals surface area contributed by atoms with Crippen LogP contribution in [0.3, 0.4) is 0 Å². The maximum absolute atomic E-state index is 12.6. The van der Waals surface area contributed by atoms with Crippen LogP contribution in [0.5, 0.6) is 0 Å². The van der Waals surface area contributed by atoms with E-state index < -0.39 is 19.6 Å². The summed E-state index contributed by atoms with van der Waals surface area (Å²) in [5, 5.41) is 2.60. The lowest BCUT2D eigenvalue weighted by molar-refractivity contribution is -0.147. The highest BCUT2D eigenvalue weighted by atomic mass is 31.2. The second kappa shape index (κ2) is 11.1. The first kappa shape index (κ1) is 22.4. The van der Waals surface area contributed by atoms with E-state index in [0.717, 1.165) is 11.1 Å². The summed E-state index contributed by atoms with van der Waals surface area (Å²) in [5.41, 5.74) is 1.66. The molecule has 0 aliphatic rings. The van der Waals surface area contributed by atoms with Gasteiger partial charge in [-0.3, -0.25) is 9.36 Å². The topological polar surface area (TPSA) is 90.9 Å². The van der Waals surface area contributed by atoms with E-state index in [4.69, 9.17) is 13.8 Å². The zero-order valence-electron chi connectivity index (χ0n) is 15.8. The van der Waals surface area contributed by atoms with Gasteiger partial charge in [-0.25, -0.2) is 4.79 Å². The predicted molar refractivity (Wildman–Crippen MR) is 98.9 cm³/mol. The number of amides is 1. The molecule has 1 N–H and O–H groups in total. The number of hydrogen-bond donors (Lipinski definition) is 1. The highest BCUT2D eigenvalue weighted by Crippen LogP contribution is 2.51. The van der Waals surface area contributed by atoms with E-state index >= 15 is 0 Å². The molecule has 0 radical (unpaired) electrons. The van der Waals surface area contributed by atoms with Crippen molar-refractivity contribution in [3.05, 3.63) is 35.4 Å². The predicted octanol–water partition coefficient (Wildman–Crippen LogP) is 3.06. The molecule has 1 atom stereocenters. The van der Waals surface area contributed by atoms with Gasteiger partial charge in [0.05, 0.1) is 26.0 Å². The third kappa shape index (κ3) is 7.68. The molecule has 146 valence electrons. The van der Waals surface area contributed by atoms with Gasteiger partial charge in [-0.15, -0.1) is 0 Å². The van der Waals surface area contributed by atoms with Crippen LogP contribution in [-0.2, 0) is 40.5 Å². The van der Waals surface area contributed by atoms with Crippen LogP contribution < -0.4 is 5.32 Å². The summed E-state index contributed by atoms with van der Waals surface area (Å²) in [6.45, 7) is 7.48. The van der Waals surface area contributed by atoms with Crippen LogP contribution >= 0.6 is 7.60 Å². The molecule has 1 unspecified atom stereocenters. The molecular weight excluding hydrogens is 357 g/mol. The van der Waals surface area contributed by atoms with Crippen LogP contribution in [0.25, 0.3) is 0 Å². The number of carbonyl (C=O) groups excluding carboxylic acids is 2. The first-order valence-corrected chi connectivity index (χ1v) is 10.5. The Morgan fingerprint density at radius 2 is 1.54 bits per heavy atom. The van der Waals surface area contributed by atoms with Crippen molar-refractivity contribution in [2.75, 3.05) is 19.8 Å². The van der Waals surface area contributed by atoms with Gasteiger partial charge in [-0.1, -0.05) is 24.3 Å². The molecule has 0 aliphatic carbocycles. The number of rotatable bonds is 11. The van der Waals surface area contributed by atoms with Crippen LogP contribution in [0.15, 0.2) is 24.3 Å². The number of nitrogens with one attached hydrogen (secondary N) is 1. The van der Waals surface area contributed by atoms with E-state index in [1.165, 1.54) is 6.92 Å². The van der Waals surface area contributed by atoms with E-state index in [9.17, 15) is 14.2 Å². The zero-order chi connectivity index (χ0) is 19.6. The number of hydrogen-bond acceptors (Lipinski definition) is 6. The summed E-state index contributed by atoms with van der Waals surface area (Å²) in [7, 11) is -3.16. The lowest BCUT2D eigenvalue weighted by atomic mass is 10.0. The molecule has 1 aromatic rings. The molecule has 0 bridgehead atoms. The average Bonchev–Trinajstić information content (AvgIpc) is 2.56. The van der Waals surface area contributed by atoms with Crippen LogP contribution in [0.2, 0.25) is 0 Å². The smallest absolute Gasteiger partial charge is 0.335 e. The second-order valence-electron chi connectivity index (χ2n) is 5.63. The fourth-order valence-electron chi connectivity index (χ4n) is 2.44. The van der Waals surface area contributed by atoms with Gasteiger partial charge in [0.1, 0.15) is 6.04 Å². The Labute approximate surface area is 154 Å². The van der Waals surface area contributed by atoms with Crippen molar-refractivity contribution in [2.45, 2.75) is 46.3 Å². The first-order chi connectivity index (χ1) is 12.3. The fraction of sp³-hybridized carbons (Fsp3) is 0.556. The molecule has 0 heterocycles. The summed E-state index contributed by atoms with van der Waals surface area (Å²) < 4.78 is 28.2. The van der Waals surface area contributed by atoms with Crippen molar-refractivity contribution < 1.29 is 27.9 Å². The quantitative estimate of drug-likeness (QED) is 0.465. The lowest BCUT2D eigenvalue weighted by Crippen LogP contribution is -2.42. The SMILES string of the molecule is CCOC(=O)C(Cc1ccc(CP(=O)(OCC)OCC)cc1)NC(C)=O. The standard InChI is InChI=1S/C18H28NO6P/c1-5-23-18(21)17(19-14(4)20)12-15-8-10-16(11-9-15)13-26(22,24-6-2)25-7-3/h8-11,17H,5-7,12-13H2,1-4H3,(H,19,20). The molecule has 1 rings (SSSR count). The molecule has 0 fully saturated rings. The van der Waals surface area contributed by atoms with E-state index in [-0.39, 0.29) is 18.7 Å². The van der Waals surface area contributed by atoms with Crippen molar-refractivity contribution in [3.8, 4) is 0 Å². The molecule has 0 aromatic heterocycles. The monoisotopic (exact) mass is 385 g/mol. The van der Waals surface area contributed by atoms with Gasteiger partial charge < -0.3 is 19.1 Å². The average molecular weight is 385 g/mol. The lowest BCUT2D eigenvalue weighted by Gasteiger charge is -2.18. The van der Waals surface area contributed by atoms with Crippen molar-refractivity contribution in [1.29, 1.82) is 0 Å². The summed E-state index contributed by atoms with van der Waals surface area (Å²) in [4.78, 5) is 23.3. The summed E-state index contributed by atoms with van der Waals surface area (Å²) in [6.07, 6.45) is 0.495. The third-order valence-electron chi connectivity index (χ3n) is 3.44. The van der Waals surface area contributed by atoms with Crippen LogP contribution in [0, 0.1) is 0 Å². The van der Waals surface area contributed by atoms with Crippen molar-refractivity contribution in [3.63, 3.8) is 0 Å². The number of benzene rings is 1. The first-order valence-electron chi connectivity index (χ1n) is 8.73. The zero-order valence-corrected chi connectivity index (χ0v) is 16.7. The molecule has 0 saturated carbocycles. The van der Waals surface area contributed by atoms with Gasteiger partial charge in [-0.2, -0.15) is 0 Å². The van der Waals surface area contributed by atoms with Crippen LogP contribution in [-0.4, -0.2) is 37.7 Å². The molecule has 0 aliphatic heterocycles. The van der Waals surface area contributed by atoms with Gasteiger partial charge in [-0.05, 0) is 31.9 Å². The molecule has 1 aromatic carbocycles. The largest absolute Gasteiger partial charge is 0.464 e. The molecule has 26 heavy (non-hydrogen) atoms. The van der Waals surface area contributed by atoms with E-state index in [1.807, 2.05) is 24.3 Å². The van der Waals surface area contributed by atoms with E-state index in [2.05, 4.69) is 5.32 Å². The van der Waals surface area contributed by atoms with Gasteiger partial charge in [0.25, 0.3) is 0 Å². The number of esters is 1. The maximum atomic E-state index is 12.6. The summed E-state index contributed by atoms with van der Waals surface area (Å²) in [6, 6.07) is 6.54. The van der Waals surface area contributed by atoms with Gasteiger partial charge in [0, 0.05) is 13.3 Å². The minimum atomic E-state index is -3.16. The summed E-state index contributed by atoms with van der Waals surface area (Å²) >= 11 is 0. The second-order valence-corrected chi connectivity index (χ2v) is 7.68. The Bertz CT molecular complexity index is 621. The highest BCUT2D eigenvalue weighted by Gasteiger charge is 2.24. The Balaban J connectivity index is 2.82. The molecule has 0 spiro atoms. The maximum Gasteiger partial charge on any atom is 0.335 e. The Morgan fingerprint density at radius 3 is 2.00 bits per heavy atom. The van der Waals surface area contributed by atoms with Crippen LogP contribution in [0.4, 0.5) is 0 Å². The highest BCUT2D eigenvalue weighted by molar-refractivity contribution is 7.53. The minimum Gasteiger partial charge on any atom is -0.464 e. The fourth-order valence-corrected chi connectivity index (χ4v) is 4.15. The van der Waals surface area contributed by atoms with E-state index in [1.54, 1.807) is 20.8 Å². The molecular formula is C18H28NO6P.